The molecule has 0 aliphatic rings. The van der Waals surface area contributed by atoms with E-state index in [1.54, 1.807) is 22.6 Å². The van der Waals surface area contributed by atoms with Gasteiger partial charge in [0.15, 0.2) is 0 Å². The summed E-state index contributed by atoms with van der Waals surface area (Å²) in [6.07, 6.45) is -4.58. The highest BCUT2D eigenvalue weighted by molar-refractivity contribution is 14.1. The van der Waals surface area contributed by atoms with Gasteiger partial charge in [-0.05, 0) is 47.2 Å². The van der Waals surface area contributed by atoms with E-state index >= 15 is 0 Å². The zero-order valence-corrected chi connectivity index (χ0v) is 11.8. The summed E-state index contributed by atoms with van der Waals surface area (Å²) >= 11 is 7.60. The molecule has 7 heteroatoms. The molecule has 0 saturated carbocycles. The lowest BCUT2D eigenvalue weighted by atomic mass is 10.1. The standard InChI is InChI=1S/C11H5ClF4IN/c1-4-8(12)6-2-5(13)3-7(17)9(6)18-10(4)11(14,15)16/h2-3H,1H3. The summed E-state index contributed by atoms with van der Waals surface area (Å²) in [6, 6.07) is 2.20. The van der Waals surface area contributed by atoms with E-state index < -0.39 is 17.7 Å². The molecule has 0 saturated heterocycles. The number of pyridine rings is 1. The molecule has 0 unspecified atom stereocenters. The maximum atomic E-state index is 13.2. The summed E-state index contributed by atoms with van der Waals surface area (Å²) in [5, 5.41) is 0.0660. The Morgan fingerprint density at radius 2 is 1.89 bits per heavy atom. The molecule has 1 aromatic heterocycles. The topological polar surface area (TPSA) is 12.9 Å². The van der Waals surface area contributed by atoms with Gasteiger partial charge in [-0.2, -0.15) is 13.2 Å². The molecule has 2 rings (SSSR count). The summed E-state index contributed by atoms with van der Waals surface area (Å²) in [7, 11) is 0. The van der Waals surface area contributed by atoms with Gasteiger partial charge in [0.05, 0.1) is 10.5 Å². The summed E-state index contributed by atoms with van der Waals surface area (Å²) in [5.41, 5.74) is -1.18. The highest BCUT2D eigenvalue weighted by Crippen LogP contribution is 2.37. The first-order chi connectivity index (χ1) is 8.21. The number of rotatable bonds is 0. The molecule has 0 atom stereocenters. The smallest absolute Gasteiger partial charge is 0.242 e. The Morgan fingerprint density at radius 1 is 1.28 bits per heavy atom. The van der Waals surface area contributed by atoms with Crippen molar-refractivity contribution < 1.29 is 17.6 Å². The summed E-state index contributed by atoms with van der Waals surface area (Å²) in [6.45, 7) is 1.22. The van der Waals surface area contributed by atoms with Crippen molar-refractivity contribution in [1.29, 1.82) is 0 Å². The van der Waals surface area contributed by atoms with Gasteiger partial charge in [0.2, 0.25) is 0 Å². The van der Waals surface area contributed by atoms with Crippen LogP contribution in [0.5, 0.6) is 0 Å². The molecule has 0 bridgehead atoms. The van der Waals surface area contributed by atoms with E-state index in [9.17, 15) is 17.6 Å². The predicted molar refractivity (Wildman–Crippen MR) is 69.2 cm³/mol. The molecule has 96 valence electrons. The molecule has 0 fully saturated rings. The van der Waals surface area contributed by atoms with E-state index in [4.69, 9.17) is 11.6 Å². The van der Waals surface area contributed by atoms with Crippen LogP contribution in [0.4, 0.5) is 17.6 Å². The van der Waals surface area contributed by atoms with Gasteiger partial charge in [0.1, 0.15) is 11.5 Å². The fraction of sp³-hybridized carbons (Fsp3) is 0.182. The Morgan fingerprint density at radius 3 is 2.44 bits per heavy atom. The minimum Gasteiger partial charge on any atom is -0.242 e. The number of benzene rings is 1. The van der Waals surface area contributed by atoms with E-state index in [-0.39, 0.29) is 25.1 Å². The molecule has 18 heavy (non-hydrogen) atoms. The molecule has 0 aliphatic heterocycles. The summed E-state index contributed by atoms with van der Waals surface area (Å²) in [5.74, 6) is -0.560. The minimum absolute atomic E-state index is 0.0555. The van der Waals surface area contributed by atoms with Crippen molar-refractivity contribution in [2.45, 2.75) is 13.1 Å². The number of nitrogens with zero attached hydrogens (tertiary/aromatic N) is 1. The zero-order valence-electron chi connectivity index (χ0n) is 8.87. The zero-order chi connectivity index (χ0) is 13.7. The van der Waals surface area contributed by atoms with Crippen LogP contribution in [0.2, 0.25) is 5.02 Å². The Hall–Kier alpha value is -0.630. The molecular formula is C11H5ClF4IN. The Labute approximate surface area is 118 Å². The molecule has 0 aliphatic carbocycles. The first kappa shape index (κ1) is 13.8. The van der Waals surface area contributed by atoms with Gasteiger partial charge < -0.3 is 0 Å². The molecule has 1 heterocycles. The summed E-state index contributed by atoms with van der Waals surface area (Å²) < 4.78 is 51.8. The maximum absolute atomic E-state index is 13.2. The second kappa shape index (κ2) is 4.48. The monoisotopic (exact) mass is 389 g/mol. The minimum atomic E-state index is -4.58. The van der Waals surface area contributed by atoms with Crippen LogP contribution in [0, 0.1) is 16.3 Å². The molecule has 2 aromatic rings. The molecular weight excluding hydrogens is 384 g/mol. The predicted octanol–water partition coefficient (Wildman–Crippen LogP) is 4.96. The third kappa shape index (κ3) is 2.27. The molecule has 0 radical (unpaired) electrons. The van der Waals surface area contributed by atoms with E-state index in [1.165, 1.54) is 6.92 Å². The molecule has 0 amide bonds. The fourth-order valence-electron chi connectivity index (χ4n) is 1.62. The largest absolute Gasteiger partial charge is 0.433 e. The van der Waals surface area contributed by atoms with Crippen LogP contribution in [0.15, 0.2) is 12.1 Å². The first-order valence-corrected chi connectivity index (χ1v) is 6.19. The van der Waals surface area contributed by atoms with Gasteiger partial charge in [-0.3, -0.25) is 0 Å². The third-order valence-electron chi connectivity index (χ3n) is 2.44. The van der Waals surface area contributed by atoms with Crippen LogP contribution in [0.1, 0.15) is 11.3 Å². The van der Waals surface area contributed by atoms with Gasteiger partial charge >= 0.3 is 6.18 Å². The highest BCUT2D eigenvalue weighted by atomic mass is 127. The highest BCUT2D eigenvalue weighted by Gasteiger charge is 2.36. The van der Waals surface area contributed by atoms with Crippen molar-refractivity contribution in [3.05, 3.63) is 37.8 Å². The fourth-order valence-corrected chi connectivity index (χ4v) is 2.57. The van der Waals surface area contributed by atoms with Crippen LogP contribution >= 0.6 is 34.2 Å². The number of alkyl halides is 3. The molecule has 1 nitrogen and oxygen atoms in total. The van der Waals surface area contributed by atoms with Gasteiger partial charge in [-0.15, -0.1) is 0 Å². The lowest BCUT2D eigenvalue weighted by Gasteiger charge is -2.13. The lowest BCUT2D eigenvalue weighted by Crippen LogP contribution is -2.11. The number of hydrogen-bond donors (Lipinski definition) is 0. The lowest BCUT2D eigenvalue weighted by molar-refractivity contribution is -0.141. The number of fused-ring (bicyclic) bond motifs is 1. The SMILES string of the molecule is Cc1c(C(F)(F)F)nc2c(I)cc(F)cc2c1Cl. The number of aromatic nitrogens is 1. The molecule has 0 spiro atoms. The normalized spacial score (nSPS) is 12.2. The second-order valence-corrected chi connectivity index (χ2v) is 5.22. The van der Waals surface area contributed by atoms with Crippen molar-refractivity contribution in [1.82, 2.24) is 4.98 Å². The van der Waals surface area contributed by atoms with E-state index in [2.05, 4.69) is 4.98 Å². The van der Waals surface area contributed by atoms with Gasteiger partial charge in [-0.25, -0.2) is 9.37 Å². The number of halogens is 6. The van der Waals surface area contributed by atoms with Crippen LogP contribution in [0.3, 0.4) is 0 Å². The van der Waals surface area contributed by atoms with Crippen LogP contribution < -0.4 is 0 Å². The Balaban J connectivity index is 2.93. The van der Waals surface area contributed by atoms with E-state index in [0.717, 1.165) is 12.1 Å². The van der Waals surface area contributed by atoms with Crippen molar-refractivity contribution in [2.24, 2.45) is 0 Å². The number of hydrogen-bond acceptors (Lipinski definition) is 1. The van der Waals surface area contributed by atoms with Gasteiger partial charge in [0, 0.05) is 8.96 Å². The van der Waals surface area contributed by atoms with Crippen molar-refractivity contribution >= 4 is 45.1 Å². The molecule has 1 aromatic carbocycles. The maximum Gasteiger partial charge on any atom is 0.433 e. The van der Waals surface area contributed by atoms with Gasteiger partial charge in [0.25, 0.3) is 0 Å². The van der Waals surface area contributed by atoms with Crippen molar-refractivity contribution in [3.8, 4) is 0 Å². The van der Waals surface area contributed by atoms with Gasteiger partial charge in [-0.1, -0.05) is 11.6 Å². The Kier molecular flexibility index (Phi) is 3.44. The van der Waals surface area contributed by atoms with Crippen molar-refractivity contribution in [3.63, 3.8) is 0 Å². The quantitative estimate of drug-likeness (QED) is 0.458. The van der Waals surface area contributed by atoms with Crippen LogP contribution in [-0.4, -0.2) is 4.98 Å². The second-order valence-electron chi connectivity index (χ2n) is 3.68. The van der Waals surface area contributed by atoms with Crippen LogP contribution in [-0.2, 0) is 6.18 Å². The summed E-state index contributed by atoms with van der Waals surface area (Å²) in [4.78, 5) is 3.56. The average Bonchev–Trinajstić information content (AvgIpc) is 2.22. The average molecular weight is 390 g/mol. The third-order valence-corrected chi connectivity index (χ3v) is 3.75. The molecule has 0 N–H and O–H groups in total. The van der Waals surface area contributed by atoms with Crippen molar-refractivity contribution in [2.75, 3.05) is 0 Å². The first-order valence-electron chi connectivity index (χ1n) is 4.74. The van der Waals surface area contributed by atoms with Crippen LogP contribution in [0.25, 0.3) is 10.9 Å². The van der Waals surface area contributed by atoms with E-state index in [1.807, 2.05) is 0 Å². The Bertz CT molecular complexity index is 639. The van der Waals surface area contributed by atoms with E-state index in [0.29, 0.717) is 0 Å².